The van der Waals surface area contributed by atoms with E-state index in [0.29, 0.717) is 53.6 Å². The molecule has 0 radical (unpaired) electrons. The molecule has 3 aliphatic rings. The predicted molar refractivity (Wildman–Crippen MR) is 136 cm³/mol. The molecule has 5 heterocycles. The molecule has 0 saturated carbocycles. The first kappa shape index (κ1) is 24.3. The molecule has 0 bridgehead atoms. The van der Waals surface area contributed by atoms with Crippen LogP contribution in [-0.2, 0) is 14.3 Å². The van der Waals surface area contributed by atoms with Crippen molar-refractivity contribution in [2.75, 3.05) is 31.2 Å². The van der Waals surface area contributed by atoms with Crippen LogP contribution in [-0.4, -0.2) is 71.6 Å². The van der Waals surface area contributed by atoms with Crippen molar-refractivity contribution in [1.82, 2.24) is 9.97 Å². The average molecular weight is 510 g/mol. The SMILES string of the molecule is CCC(=O)CC1CCN(c2ccc(-c3nc4cc(O[C@@H]5CO[C@H]6[C@@H]5OC[C@H]6O)[nH]c4cc3F)cc2)CC1. The molecule has 196 valence electrons. The number of H-pyrrole nitrogens is 1. The second-order valence-electron chi connectivity index (χ2n) is 10.3. The van der Waals surface area contributed by atoms with Crippen LogP contribution in [0.4, 0.5) is 10.1 Å². The first-order valence-electron chi connectivity index (χ1n) is 13.1. The van der Waals surface area contributed by atoms with Gasteiger partial charge >= 0.3 is 0 Å². The summed E-state index contributed by atoms with van der Waals surface area (Å²) in [5.41, 5.74) is 3.23. The Morgan fingerprint density at radius 1 is 1.16 bits per heavy atom. The van der Waals surface area contributed by atoms with E-state index in [1.807, 2.05) is 31.2 Å². The number of ketones is 1. The molecule has 0 spiro atoms. The van der Waals surface area contributed by atoms with Gasteiger partial charge in [0.15, 0.2) is 17.8 Å². The third-order valence-corrected chi connectivity index (χ3v) is 7.82. The van der Waals surface area contributed by atoms with E-state index >= 15 is 4.39 Å². The number of aromatic amines is 1. The lowest BCUT2D eigenvalue weighted by Gasteiger charge is -2.33. The number of rotatable bonds is 7. The molecule has 0 aliphatic carbocycles. The van der Waals surface area contributed by atoms with Gasteiger partial charge in [0.1, 0.15) is 29.8 Å². The number of Topliss-reactive ketones (excluding diaryl/α,β-unsaturated/α-hetero) is 1. The Kier molecular flexibility index (Phi) is 6.60. The van der Waals surface area contributed by atoms with E-state index in [0.717, 1.165) is 31.6 Å². The number of nitrogens with zero attached hydrogens (tertiary/aromatic N) is 2. The van der Waals surface area contributed by atoms with Crippen LogP contribution in [0.3, 0.4) is 0 Å². The van der Waals surface area contributed by atoms with Crippen molar-refractivity contribution in [1.29, 1.82) is 0 Å². The Morgan fingerprint density at radius 2 is 1.92 bits per heavy atom. The molecular weight excluding hydrogens is 477 g/mol. The summed E-state index contributed by atoms with van der Waals surface area (Å²) in [6, 6.07) is 11.0. The van der Waals surface area contributed by atoms with E-state index in [2.05, 4.69) is 14.9 Å². The molecule has 0 unspecified atom stereocenters. The Hall–Kier alpha value is -3.01. The molecule has 3 fully saturated rings. The lowest BCUT2D eigenvalue weighted by Crippen LogP contribution is -2.34. The van der Waals surface area contributed by atoms with Gasteiger partial charge in [0.05, 0.1) is 24.2 Å². The summed E-state index contributed by atoms with van der Waals surface area (Å²) in [5.74, 6) is 0.863. The minimum absolute atomic E-state index is 0.231. The number of fused-ring (bicyclic) bond motifs is 2. The summed E-state index contributed by atoms with van der Waals surface area (Å²) >= 11 is 0. The molecule has 3 aliphatic heterocycles. The predicted octanol–water partition coefficient (Wildman–Crippen LogP) is 3.86. The van der Waals surface area contributed by atoms with E-state index in [9.17, 15) is 9.90 Å². The number of hydrogen-bond acceptors (Lipinski definition) is 7. The van der Waals surface area contributed by atoms with E-state index in [-0.39, 0.29) is 30.6 Å². The monoisotopic (exact) mass is 509 g/mol. The number of anilines is 1. The summed E-state index contributed by atoms with van der Waals surface area (Å²) in [6.07, 6.45) is 1.62. The number of carbonyl (C=O) groups excluding carboxylic acids is 1. The van der Waals surface area contributed by atoms with Crippen LogP contribution < -0.4 is 9.64 Å². The van der Waals surface area contributed by atoms with Gasteiger partial charge in [-0.2, -0.15) is 0 Å². The summed E-state index contributed by atoms with van der Waals surface area (Å²) in [4.78, 5) is 21.7. The third-order valence-electron chi connectivity index (χ3n) is 7.82. The van der Waals surface area contributed by atoms with E-state index in [4.69, 9.17) is 14.2 Å². The Balaban J connectivity index is 1.14. The largest absolute Gasteiger partial charge is 0.470 e. The molecule has 2 N–H and O–H groups in total. The molecule has 6 rings (SSSR count). The lowest BCUT2D eigenvalue weighted by atomic mass is 9.91. The zero-order valence-electron chi connectivity index (χ0n) is 20.9. The summed E-state index contributed by atoms with van der Waals surface area (Å²) in [6.45, 7) is 4.31. The van der Waals surface area contributed by atoms with Gasteiger partial charge in [-0.1, -0.05) is 19.1 Å². The van der Waals surface area contributed by atoms with E-state index in [1.54, 1.807) is 6.07 Å². The number of ether oxygens (including phenoxy) is 3. The Morgan fingerprint density at radius 3 is 2.68 bits per heavy atom. The first-order chi connectivity index (χ1) is 18.0. The number of nitrogens with one attached hydrogen (secondary N) is 1. The molecule has 8 nitrogen and oxygen atoms in total. The van der Waals surface area contributed by atoms with Gasteiger partial charge in [0.25, 0.3) is 0 Å². The van der Waals surface area contributed by atoms with Gasteiger partial charge in [-0.05, 0) is 30.9 Å². The summed E-state index contributed by atoms with van der Waals surface area (Å²) < 4.78 is 32.3. The fourth-order valence-corrected chi connectivity index (χ4v) is 5.67. The highest BCUT2D eigenvalue weighted by molar-refractivity contribution is 5.81. The maximum absolute atomic E-state index is 15.0. The molecule has 9 heteroatoms. The fraction of sp³-hybridized carbons (Fsp3) is 0.500. The van der Waals surface area contributed by atoms with Crippen molar-refractivity contribution < 1.29 is 28.5 Å². The van der Waals surface area contributed by atoms with Crippen molar-refractivity contribution in [3.8, 4) is 17.1 Å². The third kappa shape index (κ3) is 4.83. The molecular formula is C28H32FN3O5. The minimum Gasteiger partial charge on any atom is -0.470 e. The van der Waals surface area contributed by atoms with Gasteiger partial charge < -0.3 is 29.2 Å². The molecule has 1 aromatic carbocycles. The van der Waals surface area contributed by atoms with Crippen LogP contribution in [0.5, 0.6) is 5.88 Å². The quantitative estimate of drug-likeness (QED) is 0.499. The standard InChI is InChI=1S/C28H32FN3O5/c1-2-19(33)11-16-7-9-32(10-8-16)18-5-3-17(4-6-18)26-20(29)12-21-22(31-26)13-25(30-21)37-24-15-36-27-23(34)14-35-28(24)27/h3-6,12-13,16,23-24,27-28,30,34H,2,7-11,14-15H2,1H3/t23-,24-,27-,28-/m1/s1. The average Bonchev–Trinajstić information content (AvgIpc) is 3.60. The van der Waals surface area contributed by atoms with Crippen LogP contribution in [0.15, 0.2) is 36.4 Å². The maximum atomic E-state index is 15.0. The van der Waals surface area contributed by atoms with Crippen molar-refractivity contribution in [3.63, 3.8) is 0 Å². The van der Waals surface area contributed by atoms with Crippen LogP contribution in [0.1, 0.15) is 32.6 Å². The molecule has 2 aromatic heterocycles. The number of aromatic nitrogens is 2. The number of aliphatic hydroxyl groups is 1. The van der Waals surface area contributed by atoms with Gasteiger partial charge in [0, 0.05) is 49.3 Å². The smallest absolute Gasteiger partial charge is 0.193 e. The molecule has 0 amide bonds. The second-order valence-corrected chi connectivity index (χ2v) is 10.3. The number of aliphatic hydroxyl groups excluding tert-OH is 1. The van der Waals surface area contributed by atoms with Gasteiger partial charge in [0.2, 0.25) is 0 Å². The first-order valence-corrected chi connectivity index (χ1v) is 13.1. The highest BCUT2D eigenvalue weighted by atomic mass is 19.1. The summed E-state index contributed by atoms with van der Waals surface area (Å²) in [5, 5.41) is 9.93. The topological polar surface area (TPSA) is 96.9 Å². The fourth-order valence-electron chi connectivity index (χ4n) is 5.67. The second kappa shape index (κ2) is 10.0. The van der Waals surface area contributed by atoms with Gasteiger partial charge in [-0.25, -0.2) is 9.37 Å². The minimum atomic E-state index is -0.644. The van der Waals surface area contributed by atoms with Crippen molar-refractivity contribution in [3.05, 3.63) is 42.2 Å². The Labute approximate surface area is 214 Å². The van der Waals surface area contributed by atoms with Gasteiger partial charge in [-0.3, -0.25) is 4.79 Å². The highest BCUT2D eigenvalue weighted by Gasteiger charge is 2.48. The van der Waals surface area contributed by atoms with Crippen molar-refractivity contribution in [2.24, 2.45) is 5.92 Å². The molecule has 3 saturated heterocycles. The zero-order chi connectivity index (χ0) is 25.5. The van der Waals surface area contributed by atoms with Crippen LogP contribution in [0.2, 0.25) is 0 Å². The maximum Gasteiger partial charge on any atom is 0.193 e. The zero-order valence-corrected chi connectivity index (χ0v) is 20.9. The number of carbonyl (C=O) groups is 1. The van der Waals surface area contributed by atoms with Crippen LogP contribution in [0.25, 0.3) is 22.3 Å². The lowest BCUT2D eigenvalue weighted by molar-refractivity contribution is -0.119. The van der Waals surface area contributed by atoms with Crippen LogP contribution in [0, 0.1) is 11.7 Å². The van der Waals surface area contributed by atoms with E-state index < -0.39 is 11.9 Å². The van der Waals surface area contributed by atoms with Crippen molar-refractivity contribution >= 4 is 22.5 Å². The van der Waals surface area contributed by atoms with Crippen molar-refractivity contribution in [2.45, 2.75) is 57.0 Å². The number of hydrogen-bond donors (Lipinski definition) is 2. The number of benzene rings is 1. The molecule has 4 atom stereocenters. The number of piperidine rings is 1. The normalized spacial score (nSPS) is 26.1. The number of pyridine rings is 1. The molecule has 37 heavy (non-hydrogen) atoms. The van der Waals surface area contributed by atoms with E-state index in [1.165, 1.54) is 6.07 Å². The highest BCUT2D eigenvalue weighted by Crippen LogP contribution is 2.33. The van der Waals surface area contributed by atoms with Gasteiger partial charge in [-0.15, -0.1) is 0 Å². The molecule has 3 aromatic rings. The number of halogens is 1. The summed E-state index contributed by atoms with van der Waals surface area (Å²) in [7, 11) is 0. The van der Waals surface area contributed by atoms with Crippen LogP contribution >= 0.6 is 0 Å². The Bertz CT molecular complexity index is 1270.